The molecule has 0 radical (unpaired) electrons. The first-order valence-electron chi connectivity index (χ1n) is 8.37. The van der Waals surface area contributed by atoms with E-state index in [9.17, 15) is 0 Å². The van der Waals surface area contributed by atoms with E-state index in [1.54, 1.807) is 13.3 Å². The molecule has 2 aromatic rings. The molecule has 0 amide bonds. The number of ether oxygens (including phenoxy) is 1. The third-order valence-electron chi connectivity index (χ3n) is 4.44. The summed E-state index contributed by atoms with van der Waals surface area (Å²) in [5.74, 6) is 1.39. The molecule has 1 N–H and O–H groups in total. The lowest BCUT2D eigenvalue weighted by Crippen LogP contribution is -2.40. The van der Waals surface area contributed by atoms with Gasteiger partial charge in [-0.25, -0.2) is 4.98 Å². The first-order valence-corrected chi connectivity index (χ1v) is 8.37. The summed E-state index contributed by atoms with van der Waals surface area (Å²) in [7, 11) is 3.82. The number of likely N-dealkylation sites (tertiary alicyclic amines) is 1. The van der Waals surface area contributed by atoms with Gasteiger partial charge < -0.3 is 15.0 Å². The summed E-state index contributed by atoms with van der Waals surface area (Å²) < 4.78 is 5.51. The predicted molar refractivity (Wildman–Crippen MR) is 95.4 cm³/mol. The van der Waals surface area contributed by atoms with Crippen molar-refractivity contribution in [3.05, 3.63) is 29.5 Å². The van der Waals surface area contributed by atoms with Crippen LogP contribution in [0, 0.1) is 13.8 Å². The highest BCUT2D eigenvalue weighted by Crippen LogP contribution is 2.32. The number of hydrogen-bond acceptors (Lipinski definition) is 6. The summed E-state index contributed by atoms with van der Waals surface area (Å²) >= 11 is 0. The molecule has 1 aliphatic rings. The Morgan fingerprint density at radius 3 is 2.75 bits per heavy atom. The van der Waals surface area contributed by atoms with Gasteiger partial charge in [0.1, 0.15) is 11.4 Å². The van der Waals surface area contributed by atoms with E-state index in [-0.39, 0.29) is 0 Å². The molecule has 24 heavy (non-hydrogen) atoms. The molecule has 1 atom stereocenters. The maximum Gasteiger partial charge on any atom is 0.242 e. The van der Waals surface area contributed by atoms with Crippen LogP contribution in [0.25, 0.3) is 11.3 Å². The molecule has 0 aliphatic carbocycles. The van der Waals surface area contributed by atoms with Crippen LogP contribution in [0.1, 0.15) is 24.0 Å². The van der Waals surface area contributed by atoms with Gasteiger partial charge in [0.2, 0.25) is 5.95 Å². The summed E-state index contributed by atoms with van der Waals surface area (Å²) in [6.45, 7) is 6.27. The van der Waals surface area contributed by atoms with E-state index in [0.717, 1.165) is 47.6 Å². The van der Waals surface area contributed by atoms with Crippen molar-refractivity contribution in [1.82, 2.24) is 20.1 Å². The van der Waals surface area contributed by atoms with E-state index in [0.29, 0.717) is 12.0 Å². The van der Waals surface area contributed by atoms with Crippen molar-refractivity contribution >= 4 is 5.95 Å². The van der Waals surface area contributed by atoms with Crippen LogP contribution in [0.4, 0.5) is 5.95 Å². The van der Waals surface area contributed by atoms with Crippen LogP contribution in [0.5, 0.6) is 5.75 Å². The van der Waals surface area contributed by atoms with Crippen LogP contribution in [-0.2, 0) is 0 Å². The summed E-state index contributed by atoms with van der Waals surface area (Å²) in [6, 6.07) is 4.50. The lowest BCUT2D eigenvalue weighted by molar-refractivity contribution is 0.260. The van der Waals surface area contributed by atoms with Crippen molar-refractivity contribution < 1.29 is 4.74 Å². The molecule has 1 aliphatic heterocycles. The molecule has 0 bridgehead atoms. The molecule has 6 nitrogen and oxygen atoms in total. The Hall–Kier alpha value is -2.21. The fraction of sp³-hybridized carbons (Fsp3) is 0.500. The minimum Gasteiger partial charge on any atom is -0.496 e. The van der Waals surface area contributed by atoms with E-state index >= 15 is 0 Å². The second kappa shape index (κ2) is 7.13. The van der Waals surface area contributed by atoms with Crippen molar-refractivity contribution in [3.63, 3.8) is 0 Å². The third-order valence-corrected chi connectivity index (χ3v) is 4.44. The van der Waals surface area contributed by atoms with Crippen molar-refractivity contribution in [1.29, 1.82) is 0 Å². The number of nitrogens with zero attached hydrogens (tertiary/aromatic N) is 4. The predicted octanol–water partition coefficient (Wildman–Crippen LogP) is 2.67. The minimum atomic E-state index is 0.382. The molecule has 2 heterocycles. The monoisotopic (exact) mass is 327 g/mol. The molecule has 1 aromatic carbocycles. The highest BCUT2D eigenvalue weighted by atomic mass is 16.5. The quantitative estimate of drug-likeness (QED) is 0.931. The van der Waals surface area contributed by atoms with E-state index in [2.05, 4.69) is 52.4 Å². The normalized spacial score (nSPS) is 18.4. The maximum atomic E-state index is 5.51. The van der Waals surface area contributed by atoms with E-state index in [1.165, 1.54) is 6.42 Å². The fourth-order valence-electron chi connectivity index (χ4n) is 3.34. The van der Waals surface area contributed by atoms with E-state index in [4.69, 9.17) is 4.74 Å². The number of piperidine rings is 1. The zero-order valence-electron chi connectivity index (χ0n) is 14.8. The van der Waals surface area contributed by atoms with Gasteiger partial charge in [-0.2, -0.15) is 0 Å². The molecule has 0 saturated carbocycles. The molecule has 3 rings (SSSR count). The molecule has 1 aromatic heterocycles. The number of benzene rings is 1. The SMILES string of the molecule is COc1cc(C)cc(C)c1-c1cnc(N[C@@H]2CCCN(C)C2)nn1. The van der Waals surface area contributed by atoms with Crippen molar-refractivity contribution in [3.8, 4) is 17.0 Å². The molecule has 0 unspecified atom stereocenters. The standard InChI is InChI=1S/C18H25N5O/c1-12-8-13(2)17(16(9-12)24-4)15-10-19-18(22-21-15)20-14-6-5-7-23(3)11-14/h8-10,14H,5-7,11H2,1-4H3,(H,19,20,22)/t14-/m1/s1. The molecule has 0 spiro atoms. The highest BCUT2D eigenvalue weighted by Gasteiger charge is 2.18. The van der Waals surface area contributed by atoms with Gasteiger partial charge in [0.25, 0.3) is 0 Å². The Morgan fingerprint density at radius 2 is 2.08 bits per heavy atom. The number of anilines is 1. The fourth-order valence-corrected chi connectivity index (χ4v) is 3.34. The van der Waals surface area contributed by atoms with Crippen molar-refractivity contribution in [2.45, 2.75) is 32.7 Å². The molecular formula is C18H25N5O. The smallest absolute Gasteiger partial charge is 0.242 e. The van der Waals surface area contributed by atoms with E-state index in [1.807, 2.05) is 6.07 Å². The summed E-state index contributed by atoms with van der Waals surface area (Å²) in [5, 5.41) is 12.0. The topological polar surface area (TPSA) is 63.2 Å². The first-order chi connectivity index (χ1) is 11.6. The molecule has 1 fully saturated rings. The average molecular weight is 327 g/mol. The number of rotatable bonds is 4. The Balaban J connectivity index is 1.80. The average Bonchev–Trinajstić information content (AvgIpc) is 2.55. The number of aryl methyl sites for hydroxylation is 2. The second-order valence-electron chi connectivity index (χ2n) is 6.57. The molecule has 6 heteroatoms. The number of hydrogen-bond donors (Lipinski definition) is 1. The Bertz CT molecular complexity index is 701. The highest BCUT2D eigenvalue weighted by molar-refractivity contribution is 5.71. The van der Waals surface area contributed by atoms with Gasteiger partial charge in [-0.15, -0.1) is 10.2 Å². The summed E-state index contributed by atoms with van der Waals surface area (Å²) in [6.07, 6.45) is 4.10. The number of methoxy groups -OCH3 is 1. The van der Waals surface area contributed by atoms with Crippen LogP contribution in [0.3, 0.4) is 0 Å². The lowest BCUT2D eigenvalue weighted by atomic mass is 10.0. The summed E-state index contributed by atoms with van der Waals surface area (Å²) in [5.41, 5.74) is 3.95. The van der Waals surface area contributed by atoms with Gasteiger partial charge in [-0.05, 0) is 57.5 Å². The zero-order chi connectivity index (χ0) is 17.1. The molecule has 128 valence electrons. The van der Waals surface area contributed by atoms with Gasteiger partial charge in [0, 0.05) is 18.2 Å². The van der Waals surface area contributed by atoms with Gasteiger partial charge in [0.05, 0.1) is 13.3 Å². The van der Waals surface area contributed by atoms with Crippen LogP contribution in [-0.4, -0.2) is 53.4 Å². The van der Waals surface area contributed by atoms with Crippen molar-refractivity contribution in [2.24, 2.45) is 0 Å². The third kappa shape index (κ3) is 3.64. The van der Waals surface area contributed by atoms with Gasteiger partial charge >= 0.3 is 0 Å². The van der Waals surface area contributed by atoms with Crippen LogP contribution in [0.15, 0.2) is 18.3 Å². The van der Waals surface area contributed by atoms with Gasteiger partial charge in [-0.3, -0.25) is 0 Å². The Morgan fingerprint density at radius 1 is 1.25 bits per heavy atom. The molecule has 1 saturated heterocycles. The number of nitrogens with one attached hydrogen (secondary N) is 1. The number of likely N-dealkylation sites (N-methyl/N-ethyl adjacent to an activating group) is 1. The number of aromatic nitrogens is 3. The van der Waals surface area contributed by atoms with Crippen molar-refractivity contribution in [2.75, 3.05) is 32.6 Å². The van der Waals surface area contributed by atoms with E-state index < -0.39 is 0 Å². The van der Waals surface area contributed by atoms with Crippen LogP contribution < -0.4 is 10.1 Å². The minimum absolute atomic E-state index is 0.382. The van der Waals surface area contributed by atoms with Gasteiger partial charge in [0.15, 0.2) is 0 Å². The van der Waals surface area contributed by atoms with Crippen LogP contribution in [0.2, 0.25) is 0 Å². The van der Waals surface area contributed by atoms with Crippen LogP contribution >= 0.6 is 0 Å². The lowest BCUT2D eigenvalue weighted by Gasteiger charge is -2.29. The molecular weight excluding hydrogens is 302 g/mol. The Kier molecular flexibility index (Phi) is 4.94. The largest absolute Gasteiger partial charge is 0.496 e. The zero-order valence-corrected chi connectivity index (χ0v) is 14.8. The van der Waals surface area contributed by atoms with Gasteiger partial charge in [-0.1, -0.05) is 6.07 Å². The second-order valence-corrected chi connectivity index (χ2v) is 6.57. The first kappa shape index (κ1) is 16.6. The maximum absolute atomic E-state index is 5.51. The Labute approximate surface area is 143 Å². The summed E-state index contributed by atoms with van der Waals surface area (Å²) in [4.78, 5) is 6.78.